The van der Waals surface area contributed by atoms with E-state index in [1.165, 1.54) is 51.4 Å². The fraction of sp³-hybridized carbons (Fsp3) is 0.862. The number of hydrogen-bond donors (Lipinski definition) is 1. The molecule has 3 saturated carbocycles. The minimum absolute atomic E-state index is 0.0348. The summed E-state index contributed by atoms with van der Waals surface area (Å²) in [5, 5.41) is 10.3. The number of aliphatic hydroxyl groups is 1. The zero-order valence-corrected chi connectivity index (χ0v) is 20.7. The van der Waals surface area contributed by atoms with E-state index in [0.717, 1.165) is 42.4 Å². The Hall–Kier alpha value is -0.560. The van der Waals surface area contributed by atoms with Gasteiger partial charge in [-0.05, 0) is 111 Å². The van der Waals surface area contributed by atoms with E-state index in [0.29, 0.717) is 16.7 Å². The smallest absolute Gasteiger partial charge is 0.0543 e. The molecule has 3 fully saturated rings. The summed E-state index contributed by atoms with van der Waals surface area (Å²) >= 11 is 0. The van der Waals surface area contributed by atoms with Gasteiger partial charge in [-0.1, -0.05) is 64.8 Å². The summed E-state index contributed by atoms with van der Waals surface area (Å²) in [4.78, 5) is 0. The van der Waals surface area contributed by atoms with Crippen molar-refractivity contribution in [2.75, 3.05) is 0 Å². The number of fused-ring (bicyclic) bond motifs is 4. The van der Waals surface area contributed by atoms with Crippen molar-refractivity contribution >= 4 is 0 Å². The van der Waals surface area contributed by atoms with E-state index in [4.69, 9.17) is 0 Å². The van der Waals surface area contributed by atoms with Crippen LogP contribution in [0.25, 0.3) is 0 Å². The minimum atomic E-state index is -0.0348. The highest BCUT2D eigenvalue weighted by Gasteiger charge is 2.55. The van der Waals surface area contributed by atoms with Crippen molar-refractivity contribution < 1.29 is 5.11 Å². The molecule has 1 heteroatoms. The van der Waals surface area contributed by atoms with Crippen LogP contribution in [-0.4, -0.2) is 11.2 Å². The van der Waals surface area contributed by atoms with E-state index in [2.05, 4.69) is 53.7 Å². The first-order chi connectivity index (χ1) is 14.2. The molecule has 0 aliphatic heterocycles. The second-order valence-electron chi connectivity index (χ2n) is 12.4. The molecule has 0 aromatic carbocycles. The lowest BCUT2D eigenvalue weighted by atomic mass is 9.49. The van der Waals surface area contributed by atoms with Crippen LogP contribution < -0.4 is 0 Å². The van der Waals surface area contributed by atoms with E-state index < -0.39 is 0 Å². The van der Waals surface area contributed by atoms with E-state index in [9.17, 15) is 5.11 Å². The Labute approximate surface area is 186 Å². The van der Waals surface area contributed by atoms with Crippen molar-refractivity contribution in [3.8, 4) is 0 Å². The maximum absolute atomic E-state index is 10.3. The highest BCUT2D eigenvalue weighted by atomic mass is 16.3. The molecule has 4 aliphatic rings. The van der Waals surface area contributed by atoms with Crippen molar-refractivity contribution in [2.24, 2.45) is 46.3 Å². The van der Waals surface area contributed by atoms with Gasteiger partial charge in [0.25, 0.3) is 0 Å². The molecule has 0 amide bonds. The van der Waals surface area contributed by atoms with Gasteiger partial charge in [0.2, 0.25) is 0 Å². The zero-order valence-electron chi connectivity index (χ0n) is 20.7. The van der Waals surface area contributed by atoms with Crippen LogP contribution in [0.2, 0.25) is 0 Å². The van der Waals surface area contributed by atoms with Crippen molar-refractivity contribution in [3.63, 3.8) is 0 Å². The molecule has 1 nitrogen and oxygen atoms in total. The number of allylic oxidation sites excluding steroid dienone is 4. The number of hydrogen-bond acceptors (Lipinski definition) is 1. The zero-order chi connectivity index (χ0) is 21.7. The highest BCUT2D eigenvalue weighted by Crippen LogP contribution is 2.65. The third-order valence-electron chi connectivity index (χ3n) is 10.7. The van der Waals surface area contributed by atoms with Crippen LogP contribution in [0.15, 0.2) is 23.3 Å². The van der Waals surface area contributed by atoms with Crippen LogP contribution in [-0.2, 0) is 0 Å². The van der Waals surface area contributed by atoms with Gasteiger partial charge in [-0.2, -0.15) is 0 Å². The number of rotatable bonds is 5. The Morgan fingerprint density at radius 3 is 2.47 bits per heavy atom. The lowest BCUT2D eigenvalue weighted by Crippen LogP contribution is -2.48. The topological polar surface area (TPSA) is 20.2 Å². The van der Waals surface area contributed by atoms with Crippen LogP contribution in [0.5, 0.6) is 0 Å². The summed E-state index contributed by atoms with van der Waals surface area (Å²) in [5.41, 5.74) is 4.68. The molecule has 1 N–H and O–H groups in total. The third-order valence-corrected chi connectivity index (χ3v) is 10.7. The average molecular weight is 413 g/mol. The standard InChI is InChI=1S/C29H48O/c1-7-21(19(2)3)9-8-20(4)25-12-13-26-24-11-10-22-18-23(30)14-16-28(22,5)27(24)15-17-29(25,26)6/h8-9,19-23,25,27,30H,7,10-18H2,1-6H3/b9-8+/t20-,21-,22-,23+,25-,27+,28+,29-/m1/s1. The lowest BCUT2D eigenvalue weighted by molar-refractivity contribution is -0.0377. The van der Waals surface area contributed by atoms with Gasteiger partial charge in [0.05, 0.1) is 6.10 Å². The largest absolute Gasteiger partial charge is 0.393 e. The van der Waals surface area contributed by atoms with Crippen LogP contribution in [0.4, 0.5) is 0 Å². The van der Waals surface area contributed by atoms with Gasteiger partial charge in [0.1, 0.15) is 0 Å². The van der Waals surface area contributed by atoms with E-state index in [1.807, 2.05) is 11.1 Å². The molecule has 0 spiro atoms. The molecule has 30 heavy (non-hydrogen) atoms. The van der Waals surface area contributed by atoms with Crippen molar-refractivity contribution in [3.05, 3.63) is 23.3 Å². The van der Waals surface area contributed by atoms with Crippen molar-refractivity contribution in [1.82, 2.24) is 0 Å². The second kappa shape index (κ2) is 8.42. The molecule has 0 aromatic heterocycles. The molecule has 8 atom stereocenters. The van der Waals surface area contributed by atoms with Crippen molar-refractivity contribution in [1.29, 1.82) is 0 Å². The van der Waals surface area contributed by atoms with Crippen LogP contribution in [0.1, 0.15) is 106 Å². The highest BCUT2D eigenvalue weighted by molar-refractivity contribution is 5.35. The first-order valence-electron chi connectivity index (χ1n) is 13.3. The SMILES string of the molecule is CC[C@H](/C=C/[C@@H](C)[C@H]1CCC2=C3CC[C@@H]4C[C@@H](O)CC[C@]4(C)[C@H]3CC[C@@]21C)C(C)C. The molecule has 4 aliphatic carbocycles. The van der Waals surface area contributed by atoms with Gasteiger partial charge < -0.3 is 5.11 Å². The number of aliphatic hydroxyl groups excluding tert-OH is 1. The molecule has 170 valence electrons. The molecular weight excluding hydrogens is 364 g/mol. The van der Waals surface area contributed by atoms with Crippen LogP contribution in [0, 0.1) is 46.3 Å². The summed E-state index contributed by atoms with van der Waals surface area (Å²) in [6.45, 7) is 14.8. The Bertz CT molecular complexity index is 686. The molecular formula is C29H48O. The molecule has 0 unspecified atom stereocenters. The Kier molecular flexibility index (Phi) is 6.35. The molecule has 0 heterocycles. The summed E-state index contributed by atoms with van der Waals surface area (Å²) < 4.78 is 0. The van der Waals surface area contributed by atoms with Gasteiger partial charge >= 0.3 is 0 Å². The predicted octanol–water partition coefficient (Wildman–Crippen LogP) is 7.94. The minimum Gasteiger partial charge on any atom is -0.393 e. The summed E-state index contributed by atoms with van der Waals surface area (Å²) in [6, 6.07) is 0. The normalized spacial score (nSPS) is 43.5. The molecule has 0 aromatic rings. The lowest BCUT2D eigenvalue weighted by Gasteiger charge is -2.56. The molecule has 4 rings (SSSR count). The Balaban J connectivity index is 1.57. The maximum Gasteiger partial charge on any atom is 0.0543 e. The van der Waals surface area contributed by atoms with Gasteiger partial charge in [-0.15, -0.1) is 0 Å². The Morgan fingerprint density at radius 2 is 1.77 bits per heavy atom. The van der Waals surface area contributed by atoms with Gasteiger partial charge in [-0.25, -0.2) is 0 Å². The van der Waals surface area contributed by atoms with Gasteiger partial charge in [0.15, 0.2) is 0 Å². The molecule has 0 bridgehead atoms. The fourth-order valence-corrected chi connectivity index (χ4v) is 8.63. The van der Waals surface area contributed by atoms with Gasteiger partial charge in [-0.3, -0.25) is 0 Å². The average Bonchev–Trinajstić information content (AvgIpc) is 3.06. The maximum atomic E-state index is 10.3. The third kappa shape index (κ3) is 3.66. The first kappa shape index (κ1) is 22.6. The summed E-state index contributed by atoms with van der Waals surface area (Å²) in [5.74, 6) is 4.54. The Morgan fingerprint density at radius 1 is 1.00 bits per heavy atom. The van der Waals surface area contributed by atoms with Crippen LogP contribution in [0.3, 0.4) is 0 Å². The second-order valence-corrected chi connectivity index (χ2v) is 12.4. The summed E-state index contributed by atoms with van der Waals surface area (Å²) in [6.07, 6.45) is 17.9. The quantitative estimate of drug-likeness (QED) is 0.454. The van der Waals surface area contributed by atoms with E-state index in [1.54, 1.807) is 0 Å². The molecule has 0 saturated heterocycles. The van der Waals surface area contributed by atoms with Crippen LogP contribution >= 0.6 is 0 Å². The summed E-state index contributed by atoms with van der Waals surface area (Å²) in [7, 11) is 0. The monoisotopic (exact) mass is 412 g/mol. The van der Waals surface area contributed by atoms with E-state index in [-0.39, 0.29) is 6.10 Å². The predicted molar refractivity (Wildman–Crippen MR) is 128 cm³/mol. The van der Waals surface area contributed by atoms with Crippen molar-refractivity contribution in [2.45, 2.75) is 112 Å². The van der Waals surface area contributed by atoms with Gasteiger partial charge in [0, 0.05) is 0 Å². The molecule has 0 radical (unpaired) electrons. The first-order valence-corrected chi connectivity index (χ1v) is 13.3. The van der Waals surface area contributed by atoms with E-state index >= 15 is 0 Å². The fourth-order valence-electron chi connectivity index (χ4n) is 8.63.